The Labute approximate surface area is 163 Å². The summed E-state index contributed by atoms with van der Waals surface area (Å²) >= 11 is 5.96. The Morgan fingerprint density at radius 2 is 1.78 bits per heavy atom. The molecule has 8 heteroatoms. The maximum atomic E-state index is 12.5. The van der Waals surface area contributed by atoms with Crippen LogP contribution in [0.4, 0.5) is 0 Å². The summed E-state index contributed by atoms with van der Waals surface area (Å²) in [6.07, 6.45) is 1.74. The lowest BCUT2D eigenvalue weighted by atomic mass is 10.2. The summed E-state index contributed by atoms with van der Waals surface area (Å²) in [5, 5.41) is 0.512. The van der Waals surface area contributed by atoms with Crippen LogP contribution in [0.15, 0.2) is 47.4 Å². The van der Waals surface area contributed by atoms with Crippen molar-refractivity contribution >= 4 is 27.6 Å². The average Bonchev–Trinajstić information content (AvgIpc) is 3.22. The van der Waals surface area contributed by atoms with E-state index < -0.39 is 16.0 Å². The predicted molar refractivity (Wildman–Crippen MR) is 102 cm³/mol. The molecule has 0 unspecified atom stereocenters. The SMILES string of the molecule is COc1ccc(Cl)cc1COC(=O)c1ccc(S(=O)(=O)N2CCCC2)cc1. The second-order valence-electron chi connectivity index (χ2n) is 6.17. The zero-order valence-electron chi connectivity index (χ0n) is 14.9. The lowest BCUT2D eigenvalue weighted by molar-refractivity contribution is 0.0470. The van der Waals surface area contributed by atoms with Gasteiger partial charge in [-0.15, -0.1) is 0 Å². The third-order valence-corrected chi connectivity index (χ3v) is 6.54. The van der Waals surface area contributed by atoms with Gasteiger partial charge in [-0.2, -0.15) is 4.31 Å². The van der Waals surface area contributed by atoms with E-state index in [2.05, 4.69) is 0 Å². The number of nitrogens with zero attached hydrogens (tertiary/aromatic N) is 1. The minimum Gasteiger partial charge on any atom is -0.496 e. The first kappa shape index (κ1) is 19.7. The molecule has 27 heavy (non-hydrogen) atoms. The van der Waals surface area contributed by atoms with Gasteiger partial charge in [-0.3, -0.25) is 0 Å². The molecule has 0 aromatic heterocycles. The fraction of sp³-hybridized carbons (Fsp3) is 0.316. The minimum absolute atomic E-state index is 0.00358. The molecule has 1 fully saturated rings. The van der Waals surface area contributed by atoms with Gasteiger partial charge in [0.05, 0.1) is 17.6 Å². The van der Waals surface area contributed by atoms with Crippen LogP contribution in [0.5, 0.6) is 5.75 Å². The van der Waals surface area contributed by atoms with Crippen LogP contribution in [0.1, 0.15) is 28.8 Å². The van der Waals surface area contributed by atoms with Crippen molar-refractivity contribution in [1.29, 1.82) is 0 Å². The summed E-state index contributed by atoms with van der Waals surface area (Å²) in [6, 6.07) is 10.8. The Morgan fingerprint density at radius 1 is 1.11 bits per heavy atom. The van der Waals surface area contributed by atoms with E-state index in [1.807, 2.05) is 0 Å². The summed E-state index contributed by atoms with van der Waals surface area (Å²) in [7, 11) is -1.98. The number of methoxy groups -OCH3 is 1. The Morgan fingerprint density at radius 3 is 2.41 bits per heavy atom. The second kappa shape index (κ2) is 8.29. The third-order valence-electron chi connectivity index (χ3n) is 4.39. The van der Waals surface area contributed by atoms with E-state index in [0.29, 0.717) is 29.4 Å². The molecule has 2 aromatic rings. The summed E-state index contributed by atoms with van der Waals surface area (Å²) in [5.74, 6) is 0.0152. The van der Waals surface area contributed by atoms with E-state index in [1.165, 1.54) is 35.7 Å². The van der Waals surface area contributed by atoms with Gasteiger partial charge in [0.25, 0.3) is 0 Å². The molecular weight excluding hydrogens is 390 g/mol. The van der Waals surface area contributed by atoms with E-state index in [0.717, 1.165) is 12.8 Å². The molecule has 0 bridgehead atoms. The van der Waals surface area contributed by atoms with Gasteiger partial charge in [0, 0.05) is 23.7 Å². The van der Waals surface area contributed by atoms with E-state index in [9.17, 15) is 13.2 Å². The summed E-state index contributed by atoms with van der Waals surface area (Å²) in [5.41, 5.74) is 0.919. The maximum Gasteiger partial charge on any atom is 0.338 e. The lowest BCUT2D eigenvalue weighted by Gasteiger charge is -2.15. The van der Waals surface area contributed by atoms with Gasteiger partial charge in [-0.25, -0.2) is 13.2 Å². The standard InChI is InChI=1S/C19H20ClNO5S/c1-25-18-9-6-16(20)12-15(18)13-26-19(22)14-4-7-17(8-5-14)27(23,24)21-10-2-3-11-21/h4-9,12H,2-3,10-11,13H2,1H3. The zero-order chi connectivity index (χ0) is 19.4. The number of hydrogen-bond acceptors (Lipinski definition) is 5. The van der Waals surface area contributed by atoms with Crippen LogP contribution in [0.25, 0.3) is 0 Å². The highest BCUT2D eigenvalue weighted by Crippen LogP contribution is 2.24. The topological polar surface area (TPSA) is 72.9 Å². The quantitative estimate of drug-likeness (QED) is 0.683. The van der Waals surface area contributed by atoms with Gasteiger partial charge in [-0.05, 0) is 55.3 Å². The number of carbonyl (C=O) groups excluding carboxylic acids is 1. The number of benzene rings is 2. The fourth-order valence-corrected chi connectivity index (χ4v) is 4.64. The van der Waals surface area contributed by atoms with Crippen LogP contribution in [0, 0.1) is 0 Å². The molecule has 0 atom stereocenters. The normalized spacial score (nSPS) is 14.9. The van der Waals surface area contributed by atoms with Crippen molar-refractivity contribution in [2.75, 3.05) is 20.2 Å². The Kier molecular flexibility index (Phi) is 6.04. The molecule has 0 saturated carbocycles. The predicted octanol–water partition coefficient (Wildman–Crippen LogP) is 3.49. The van der Waals surface area contributed by atoms with Crippen LogP contribution in [0.3, 0.4) is 0 Å². The third kappa shape index (κ3) is 4.43. The Bertz CT molecular complexity index is 922. The molecule has 0 N–H and O–H groups in total. The molecule has 2 aromatic carbocycles. The van der Waals surface area contributed by atoms with Crippen molar-refractivity contribution in [2.45, 2.75) is 24.3 Å². The van der Waals surface area contributed by atoms with Crippen molar-refractivity contribution in [1.82, 2.24) is 4.31 Å². The van der Waals surface area contributed by atoms with Crippen LogP contribution in [0.2, 0.25) is 5.02 Å². The molecule has 3 rings (SSSR count). The first-order valence-electron chi connectivity index (χ1n) is 8.51. The Balaban J connectivity index is 1.68. The molecule has 1 saturated heterocycles. The molecule has 0 spiro atoms. The summed E-state index contributed by atoms with van der Waals surface area (Å²) < 4.78 is 37.0. The first-order chi connectivity index (χ1) is 12.9. The van der Waals surface area contributed by atoms with Crippen molar-refractivity contribution in [3.8, 4) is 5.75 Å². The highest BCUT2D eigenvalue weighted by molar-refractivity contribution is 7.89. The molecule has 0 radical (unpaired) electrons. The van der Waals surface area contributed by atoms with Crippen LogP contribution in [-0.2, 0) is 21.4 Å². The number of halogens is 1. The van der Waals surface area contributed by atoms with Gasteiger partial charge < -0.3 is 9.47 Å². The van der Waals surface area contributed by atoms with Crippen LogP contribution >= 0.6 is 11.6 Å². The smallest absolute Gasteiger partial charge is 0.338 e. The van der Waals surface area contributed by atoms with Crippen molar-refractivity contribution in [3.05, 3.63) is 58.6 Å². The van der Waals surface area contributed by atoms with Gasteiger partial charge in [0.15, 0.2) is 0 Å². The van der Waals surface area contributed by atoms with Gasteiger partial charge >= 0.3 is 5.97 Å². The average molecular weight is 410 g/mol. The first-order valence-corrected chi connectivity index (χ1v) is 10.3. The maximum absolute atomic E-state index is 12.5. The molecule has 144 valence electrons. The number of rotatable bonds is 6. The van der Waals surface area contributed by atoms with Gasteiger partial charge in [0.1, 0.15) is 12.4 Å². The molecule has 0 aliphatic carbocycles. The Hall–Kier alpha value is -2.09. The van der Waals surface area contributed by atoms with Crippen molar-refractivity contribution in [2.24, 2.45) is 0 Å². The van der Waals surface area contributed by atoms with Crippen molar-refractivity contribution in [3.63, 3.8) is 0 Å². The molecule has 1 heterocycles. The van der Waals surface area contributed by atoms with Crippen LogP contribution in [-0.4, -0.2) is 38.9 Å². The van der Waals surface area contributed by atoms with Gasteiger partial charge in [0.2, 0.25) is 10.0 Å². The van der Waals surface area contributed by atoms with E-state index >= 15 is 0 Å². The monoisotopic (exact) mass is 409 g/mol. The highest BCUT2D eigenvalue weighted by Gasteiger charge is 2.27. The van der Waals surface area contributed by atoms with E-state index in [4.69, 9.17) is 21.1 Å². The summed E-state index contributed by atoms with van der Waals surface area (Å²) in [6.45, 7) is 1.07. The van der Waals surface area contributed by atoms with E-state index in [1.54, 1.807) is 18.2 Å². The number of esters is 1. The van der Waals surface area contributed by atoms with Gasteiger partial charge in [-0.1, -0.05) is 11.6 Å². The summed E-state index contributed by atoms with van der Waals surface area (Å²) in [4.78, 5) is 12.4. The molecule has 6 nitrogen and oxygen atoms in total. The van der Waals surface area contributed by atoms with E-state index in [-0.39, 0.29) is 17.1 Å². The second-order valence-corrected chi connectivity index (χ2v) is 8.54. The highest BCUT2D eigenvalue weighted by atomic mass is 35.5. The molecule has 1 aliphatic rings. The zero-order valence-corrected chi connectivity index (χ0v) is 16.4. The lowest BCUT2D eigenvalue weighted by Crippen LogP contribution is -2.27. The minimum atomic E-state index is -3.50. The number of carbonyl (C=O) groups is 1. The molecular formula is C19H20ClNO5S. The number of sulfonamides is 1. The van der Waals surface area contributed by atoms with Crippen molar-refractivity contribution < 1.29 is 22.7 Å². The number of ether oxygens (including phenoxy) is 2. The van der Waals surface area contributed by atoms with Crippen LogP contribution < -0.4 is 4.74 Å². The molecule has 1 aliphatic heterocycles. The number of hydrogen-bond donors (Lipinski definition) is 0. The fourth-order valence-electron chi connectivity index (χ4n) is 2.93. The largest absolute Gasteiger partial charge is 0.496 e. The molecule has 0 amide bonds.